The Kier molecular flexibility index (Phi) is 10.6. The highest BCUT2D eigenvalue weighted by molar-refractivity contribution is 7.13. The fraction of sp³-hybridized carbons (Fsp3) is 0.457. The van der Waals surface area contributed by atoms with E-state index in [0.717, 1.165) is 69.7 Å². The number of hydrogen-bond donors (Lipinski definition) is 3. The summed E-state index contributed by atoms with van der Waals surface area (Å²) in [5, 5.41) is 11.2. The first-order valence-corrected chi connectivity index (χ1v) is 21.2. The lowest BCUT2D eigenvalue weighted by molar-refractivity contribution is -0.0503. The molecule has 0 radical (unpaired) electrons. The van der Waals surface area contributed by atoms with Gasteiger partial charge in [-0.25, -0.2) is 14.6 Å². The second-order valence-electron chi connectivity index (χ2n) is 17.9. The van der Waals surface area contributed by atoms with E-state index in [1.54, 1.807) is 29.5 Å². The van der Waals surface area contributed by atoms with Gasteiger partial charge >= 0.3 is 12.1 Å². The number of nitrogens with one attached hydrogen (secondary N) is 3. The Morgan fingerprint density at radius 2 is 1.57 bits per heavy atom. The molecule has 4 bridgehead atoms. The van der Waals surface area contributed by atoms with Crippen LogP contribution in [0.3, 0.4) is 0 Å². The van der Waals surface area contributed by atoms with Gasteiger partial charge in [0.1, 0.15) is 17.0 Å². The maximum Gasteiger partial charge on any atom is 0.407 e. The van der Waals surface area contributed by atoms with Crippen LogP contribution < -0.4 is 20.7 Å². The number of carbonyl (C=O) groups excluding carboxylic acids is 4. The standard InChI is InChI=1S/C46H52N4O7S/c1-25-13-30(23-47-44(54)57-45(3,4)5)14-26(2)38(25)50-41(51)34-18-35-37(56-11-9-31-10-12-58-40(31)35)19-33(34)32-7-8-36(49-39(32)43(53)55-6)42(52)48-24-46-20-27-15-28(21-46)17-29(16-27)22-46/h7-8,10,12-14,18-19,27-29H,9,11,15-17,20-24H2,1-6H3,(H,47,54)(H,48,52)(H,50,51). The molecule has 4 aliphatic carbocycles. The molecule has 3 heterocycles. The molecule has 2 aromatic carbocycles. The van der Waals surface area contributed by atoms with E-state index in [9.17, 15) is 19.2 Å². The molecule has 3 amide bonds. The molecule has 0 saturated heterocycles. The van der Waals surface area contributed by atoms with Gasteiger partial charge in [-0.05, 0) is 154 Å². The second kappa shape index (κ2) is 15.5. The van der Waals surface area contributed by atoms with Crippen molar-refractivity contribution in [2.24, 2.45) is 23.2 Å². The molecule has 4 aromatic rings. The van der Waals surface area contributed by atoms with Crippen molar-refractivity contribution in [3.05, 3.63) is 87.0 Å². The minimum Gasteiger partial charge on any atom is -0.493 e. The van der Waals surface area contributed by atoms with E-state index in [2.05, 4.69) is 27.0 Å². The van der Waals surface area contributed by atoms with Crippen LogP contribution in [0.15, 0.2) is 47.8 Å². The Hall–Kier alpha value is -5.23. The molecular formula is C46H52N4O7S. The van der Waals surface area contributed by atoms with E-state index < -0.39 is 23.6 Å². The fourth-order valence-electron chi connectivity index (χ4n) is 10.3. The van der Waals surface area contributed by atoms with Crippen molar-refractivity contribution >= 4 is 40.9 Å². The average molecular weight is 805 g/mol. The number of thiophene rings is 1. The number of carbonyl (C=O) groups is 4. The van der Waals surface area contributed by atoms with Gasteiger partial charge in [-0.3, -0.25) is 9.59 Å². The van der Waals surface area contributed by atoms with Crippen LogP contribution in [-0.2, 0) is 22.4 Å². The zero-order valence-electron chi connectivity index (χ0n) is 34.1. The fourth-order valence-corrected chi connectivity index (χ4v) is 11.2. The Morgan fingerprint density at radius 1 is 0.879 bits per heavy atom. The number of esters is 1. The average Bonchev–Trinajstić information content (AvgIpc) is 3.57. The van der Waals surface area contributed by atoms with Crippen LogP contribution in [0.5, 0.6) is 5.75 Å². The van der Waals surface area contributed by atoms with Gasteiger partial charge in [0.05, 0.1) is 13.7 Å². The molecule has 0 unspecified atom stereocenters. The predicted molar refractivity (Wildman–Crippen MR) is 223 cm³/mol. The minimum atomic E-state index is -0.726. The molecule has 4 fully saturated rings. The SMILES string of the molecule is COC(=O)c1nc(C(=O)NCC23CC4CC(CC(C4)C2)C3)ccc1-c1cc2c(cc1C(=O)Nc1c(C)cc(CNC(=O)OC(C)(C)C)cc1C)-c1sccc1CCO2. The Balaban J connectivity index is 1.11. The number of alkyl carbamates (subject to hydrolysis) is 1. The van der Waals surface area contributed by atoms with E-state index in [1.807, 2.05) is 58.2 Å². The van der Waals surface area contributed by atoms with Gasteiger partial charge in [-0.15, -0.1) is 11.3 Å². The van der Waals surface area contributed by atoms with E-state index in [0.29, 0.717) is 47.7 Å². The highest BCUT2D eigenvalue weighted by Gasteiger charge is 2.50. The smallest absolute Gasteiger partial charge is 0.407 e. The number of amides is 3. The minimum absolute atomic E-state index is 0.0707. The molecule has 58 heavy (non-hydrogen) atoms. The van der Waals surface area contributed by atoms with Gasteiger partial charge in [0.15, 0.2) is 5.69 Å². The topological polar surface area (TPSA) is 145 Å². The van der Waals surface area contributed by atoms with Gasteiger partial charge in [-0.2, -0.15) is 0 Å². The first kappa shape index (κ1) is 39.6. The van der Waals surface area contributed by atoms with Crippen molar-refractivity contribution < 1.29 is 33.4 Å². The summed E-state index contributed by atoms with van der Waals surface area (Å²) in [5.41, 5.74) is 5.60. The lowest BCUT2D eigenvalue weighted by atomic mass is 9.49. The molecule has 5 aliphatic rings. The van der Waals surface area contributed by atoms with Gasteiger partial charge in [-0.1, -0.05) is 12.1 Å². The molecular weight excluding hydrogens is 753 g/mol. The summed E-state index contributed by atoms with van der Waals surface area (Å²) in [6, 6.07) is 12.8. The number of fused-ring (bicyclic) bond motifs is 3. The number of benzene rings is 2. The Morgan fingerprint density at radius 3 is 2.22 bits per heavy atom. The number of nitrogens with zero attached hydrogens (tertiary/aromatic N) is 1. The zero-order chi connectivity index (χ0) is 40.9. The molecule has 11 nitrogen and oxygen atoms in total. The molecule has 2 aromatic heterocycles. The Bertz CT molecular complexity index is 2250. The van der Waals surface area contributed by atoms with Crippen LogP contribution in [0.2, 0.25) is 0 Å². The third kappa shape index (κ3) is 8.08. The number of pyridine rings is 1. The molecule has 12 heteroatoms. The van der Waals surface area contributed by atoms with Crippen LogP contribution in [0, 0.1) is 37.0 Å². The summed E-state index contributed by atoms with van der Waals surface area (Å²) in [5.74, 6) is 1.39. The second-order valence-corrected chi connectivity index (χ2v) is 18.8. The summed E-state index contributed by atoms with van der Waals surface area (Å²) in [6.07, 6.45) is 7.63. The number of methoxy groups -OCH3 is 1. The monoisotopic (exact) mass is 804 g/mol. The Labute approximate surface area is 343 Å². The zero-order valence-corrected chi connectivity index (χ0v) is 35.0. The molecule has 3 N–H and O–H groups in total. The number of rotatable bonds is 9. The van der Waals surface area contributed by atoms with Crippen molar-refractivity contribution in [1.82, 2.24) is 15.6 Å². The van der Waals surface area contributed by atoms with Gasteiger partial charge in [0.25, 0.3) is 11.8 Å². The number of anilines is 1. The summed E-state index contributed by atoms with van der Waals surface area (Å²) >= 11 is 1.58. The summed E-state index contributed by atoms with van der Waals surface area (Å²) in [4.78, 5) is 59.8. The maximum atomic E-state index is 14.6. The normalized spacial score (nSPS) is 21.5. The van der Waals surface area contributed by atoms with Gasteiger partial charge in [0.2, 0.25) is 0 Å². The molecule has 4 saturated carbocycles. The molecule has 0 spiro atoms. The van der Waals surface area contributed by atoms with E-state index in [4.69, 9.17) is 14.2 Å². The van der Waals surface area contributed by atoms with Gasteiger partial charge in [0, 0.05) is 52.3 Å². The molecule has 304 valence electrons. The number of hydrogen-bond acceptors (Lipinski definition) is 9. The van der Waals surface area contributed by atoms with Crippen molar-refractivity contribution in [2.45, 2.75) is 91.7 Å². The van der Waals surface area contributed by atoms with Crippen LogP contribution in [-0.4, -0.2) is 54.7 Å². The van der Waals surface area contributed by atoms with Crippen LogP contribution in [0.4, 0.5) is 10.5 Å². The molecule has 0 atom stereocenters. The predicted octanol–water partition coefficient (Wildman–Crippen LogP) is 9.04. The third-order valence-corrected chi connectivity index (χ3v) is 13.2. The quantitative estimate of drug-likeness (QED) is 0.142. The van der Waals surface area contributed by atoms with E-state index in [1.165, 1.54) is 26.4 Å². The summed E-state index contributed by atoms with van der Waals surface area (Å²) in [7, 11) is 1.28. The van der Waals surface area contributed by atoms with Crippen molar-refractivity contribution in [3.8, 4) is 27.3 Å². The lowest BCUT2D eigenvalue weighted by Gasteiger charge is -2.56. The summed E-state index contributed by atoms with van der Waals surface area (Å²) < 4.78 is 16.9. The van der Waals surface area contributed by atoms with Crippen LogP contribution in [0.1, 0.15) is 113 Å². The van der Waals surface area contributed by atoms with Crippen molar-refractivity contribution in [2.75, 3.05) is 25.6 Å². The van der Waals surface area contributed by atoms with Crippen molar-refractivity contribution in [3.63, 3.8) is 0 Å². The highest BCUT2D eigenvalue weighted by Crippen LogP contribution is 2.59. The van der Waals surface area contributed by atoms with E-state index in [-0.39, 0.29) is 29.3 Å². The van der Waals surface area contributed by atoms with Crippen molar-refractivity contribution in [1.29, 1.82) is 0 Å². The lowest BCUT2D eigenvalue weighted by Crippen LogP contribution is -2.51. The van der Waals surface area contributed by atoms with Crippen LogP contribution in [0.25, 0.3) is 21.6 Å². The highest BCUT2D eigenvalue weighted by atomic mass is 32.1. The third-order valence-electron chi connectivity index (χ3n) is 12.2. The molecule has 9 rings (SSSR count). The number of aryl methyl sites for hydroxylation is 2. The van der Waals surface area contributed by atoms with E-state index >= 15 is 0 Å². The number of aromatic nitrogens is 1. The largest absolute Gasteiger partial charge is 0.493 e. The first-order chi connectivity index (χ1) is 27.7. The number of ether oxygens (including phenoxy) is 3. The van der Waals surface area contributed by atoms with Gasteiger partial charge < -0.3 is 30.2 Å². The maximum absolute atomic E-state index is 14.6. The van der Waals surface area contributed by atoms with Crippen LogP contribution >= 0.6 is 11.3 Å². The summed E-state index contributed by atoms with van der Waals surface area (Å²) in [6.45, 7) is 10.5. The molecule has 1 aliphatic heterocycles. The first-order valence-electron chi connectivity index (χ1n) is 20.3.